The molecule has 0 bridgehead atoms. The summed E-state index contributed by atoms with van der Waals surface area (Å²) in [6.07, 6.45) is 2.57. The van der Waals surface area contributed by atoms with E-state index in [4.69, 9.17) is 25.3 Å². The van der Waals surface area contributed by atoms with E-state index in [0.717, 1.165) is 61.2 Å². The van der Waals surface area contributed by atoms with Gasteiger partial charge < -0.3 is 4.74 Å². The molecule has 0 fully saturated rings. The summed E-state index contributed by atoms with van der Waals surface area (Å²) < 4.78 is 144. The lowest BCUT2D eigenvalue weighted by Crippen LogP contribution is -2.78. The molecule has 65 heavy (non-hydrogen) atoms. The Morgan fingerprint density at radius 3 is 1.95 bits per heavy atom. The van der Waals surface area contributed by atoms with Gasteiger partial charge in [0.05, 0.1) is 5.56 Å². The Balaban J connectivity index is 1.28. The number of aromatic nitrogens is 3. The van der Waals surface area contributed by atoms with Crippen molar-refractivity contribution >= 4 is 11.0 Å². The first kappa shape index (κ1) is 27.9. The fourth-order valence-corrected chi connectivity index (χ4v) is 10.4. The lowest BCUT2D eigenvalue weighted by atomic mass is 9.78. The molecule has 326 valence electrons. The number of pyridine rings is 1. The molecule has 5 heterocycles. The predicted octanol–water partition coefficient (Wildman–Crippen LogP) is 14.5. The van der Waals surface area contributed by atoms with Crippen LogP contribution in [0.3, 0.4) is 0 Å². The second kappa shape index (κ2) is 13.6. The molecule has 1 spiro atoms. The number of hydrogen-bond acceptors (Lipinski definition) is 1. The summed E-state index contributed by atoms with van der Waals surface area (Å²) >= 11 is 0. The van der Waals surface area contributed by atoms with Crippen LogP contribution in [-0.4, -0.2) is 4.57 Å². The molecule has 3 aliphatic rings. The summed E-state index contributed by atoms with van der Waals surface area (Å²) in [5.41, 5.74) is 5.98. The van der Waals surface area contributed by atoms with Crippen molar-refractivity contribution < 1.29 is 34.4 Å². The Morgan fingerprint density at radius 1 is 0.569 bits per heavy atom. The van der Waals surface area contributed by atoms with E-state index in [1.165, 1.54) is 31.2 Å². The average Bonchev–Trinajstić information content (AvgIpc) is 4.03. The Labute approximate surface area is 407 Å². The Kier molecular flexibility index (Phi) is 5.86. The normalized spacial score (nSPS) is 20.4. The molecule has 0 radical (unpaired) electrons. The van der Waals surface area contributed by atoms with Crippen LogP contribution in [0.5, 0.6) is 5.75 Å². The maximum atomic E-state index is 9.16. The first-order valence-corrected chi connectivity index (χ1v) is 22.5. The van der Waals surface area contributed by atoms with Crippen LogP contribution >= 0.6 is 0 Å². The molecule has 0 saturated heterocycles. The minimum absolute atomic E-state index is 0.0132. The van der Waals surface area contributed by atoms with Crippen LogP contribution in [0.25, 0.3) is 72.7 Å². The highest BCUT2D eigenvalue weighted by Crippen LogP contribution is 2.56. The largest absolute Gasteiger partial charge is 0.499 e. The number of para-hydroxylation sites is 1. The van der Waals surface area contributed by atoms with E-state index in [-0.39, 0.29) is 16.9 Å². The third kappa shape index (κ3) is 6.01. The van der Waals surface area contributed by atoms with Crippen molar-refractivity contribution in [3.8, 4) is 67.5 Å². The van der Waals surface area contributed by atoms with E-state index < -0.39 is 61.8 Å². The van der Waals surface area contributed by atoms with E-state index in [2.05, 4.69) is 91.4 Å². The van der Waals surface area contributed by atoms with Gasteiger partial charge in [-0.3, -0.25) is 0 Å². The molecule has 3 aliphatic heterocycles. The summed E-state index contributed by atoms with van der Waals surface area (Å²) in [5, 5.41) is 0. The van der Waals surface area contributed by atoms with Gasteiger partial charge >= 0.3 is 11.7 Å². The number of fused-ring (bicyclic) bond motifs is 5. The van der Waals surface area contributed by atoms with E-state index >= 15 is 0 Å². The van der Waals surface area contributed by atoms with E-state index in [0.29, 0.717) is 40.2 Å². The molecule has 8 aromatic rings. The third-order valence-electron chi connectivity index (χ3n) is 13.8. The fraction of sp³-hybridized carbons (Fsp3) is 0.311. The molecular formula is C61H63N3O+2. The zero-order valence-corrected chi connectivity index (χ0v) is 38.2. The first-order valence-electron chi connectivity index (χ1n) is 30.0. The van der Waals surface area contributed by atoms with Crippen LogP contribution in [-0.2, 0) is 33.9 Å². The number of hydrogen-bond donors (Lipinski definition) is 0. The van der Waals surface area contributed by atoms with Crippen molar-refractivity contribution in [2.24, 2.45) is 0 Å². The van der Waals surface area contributed by atoms with Crippen LogP contribution in [0, 0.1) is 0 Å². The molecule has 1 unspecified atom stereocenters. The molecule has 4 nitrogen and oxygen atoms in total. The topological polar surface area (TPSA) is 21.9 Å². The molecule has 1 atom stereocenters. The quantitative estimate of drug-likeness (QED) is 0.162. The molecule has 4 heteroatoms. The van der Waals surface area contributed by atoms with Gasteiger partial charge in [-0.15, -0.1) is 9.13 Å². The summed E-state index contributed by atoms with van der Waals surface area (Å²) in [6, 6.07) is 40.3. The first-order chi connectivity index (χ1) is 36.9. The minimum atomic E-state index is -3.44. The summed E-state index contributed by atoms with van der Waals surface area (Å²) in [7, 11) is 0. The molecule has 11 rings (SSSR count). The van der Waals surface area contributed by atoms with Crippen LogP contribution < -0.4 is 13.9 Å². The van der Waals surface area contributed by atoms with Gasteiger partial charge in [0.2, 0.25) is 5.69 Å². The van der Waals surface area contributed by atoms with Crippen molar-refractivity contribution in [1.82, 2.24) is 4.57 Å². The number of imidazole rings is 1. The van der Waals surface area contributed by atoms with Gasteiger partial charge in [0.25, 0.3) is 0 Å². The van der Waals surface area contributed by atoms with E-state index in [1.54, 1.807) is 6.07 Å². The van der Waals surface area contributed by atoms with Crippen LogP contribution in [0.1, 0.15) is 144 Å². The van der Waals surface area contributed by atoms with E-state index in [1.807, 2.05) is 74.0 Å². The SMILES string of the molecule is [2H]C([2H])([2H])C(C)(c1cc(C(C)(C)C)cc2c1OC13c4c(cc(C(C)(C)C)cc4-c4cc(-c5ccc(C(C([2H])([2H])[2H])(C([2H])([2H])[2H])C([2H])([2H])[2H])cc5)cc[n+]41)-c1cccc4c1[n+]3c-2n4-c1ccc(-c2ccccc2)c(CC)c1)C([2H])([2H])[2H]. The summed E-state index contributed by atoms with van der Waals surface area (Å²) in [4.78, 5) is 0. The number of ether oxygens (including phenoxy) is 1. The minimum Gasteiger partial charge on any atom is -0.392 e. The lowest BCUT2D eigenvalue weighted by molar-refractivity contribution is -0.997. The fourth-order valence-electron chi connectivity index (χ4n) is 10.4. The van der Waals surface area contributed by atoms with Gasteiger partial charge in [0.15, 0.2) is 23.0 Å². The highest BCUT2D eigenvalue weighted by atomic mass is 16.5. The average molecular weight is 869 g/mol. The number of aryl methyl sites for hydroxylation is 1. The van der Waals surface area contributed by atoms with E-state index in [9.17, 15) is 0 Å². The number of rotatable bonds is 4. The molecule has 0 saturated carbocycles. The van der Waals surface area contributed by atoms with Gasteiger partial charge in [-0.25, -0.2) is 0 Å². The van der Waals surface area contributed by atoms with Crippen molar-refractivity contribution in [2.45, 2.75) is 124 Å². The van der Waals surface area contributed by atoms with Gasteiger partial charge in [-0.2, -0.15) is 4.57 Å². The van der Waals surface area contributed by atoms with Gasteiger partial charge in [0.1, 0.15) is 16.8 Å². The van der Waals surface area contributed by atoms with Crippen LogP contribution in [0.15, 0.2) is 134 Å². The van der Waals surface area contributed by atoms with Crippen molar-refractivity contribution in [3.63, 3.8) is 0 Å². The number of nitrogens with zero attached hydrogens (tertiary/aromatic N) is 3. The van der Waals surface area contributed by atoms with Crippen molar-refractivity contribution in [1.29, 1.82) is 0 Å². The highest BCUT2D eigenvalue weighted by Gasteiger charge is 2.69. The molecule has 0 N–H and O–H groups in total. The second-order valence-electron chi connectivity index (χ2n) is 20.4. The zero-order chi connectivity index (χ0) is 58.2. The number of benzene rings is 6. The molecule has 0 aliphatic carbocycles. The smallest absolute Gasteiger partial charge is 0.392 e. The summed E-state index contributed by atoms with van der Waals surface area (Å²) in [6.45, 7) is -0.604. The zero-order valence-electron chi connectivity index (χ0n) is 53.2. The molecule has 6 aromatic carbocycles. The lowest BCUT2D eigenvalue weighted by Gasteiger charge is -2.36. The Morgan fingerprint density at radius 2 is 1.26 bits per heavy atom. The maximum absolute atomic E-state index is 9.16. The van der Waals surface area contributed by atoms with Gasteiger partial charge in [-0.1, -0.05) is 156 Å². The third-order valence-corrected chi connectivity index (χ3v) is 13.8. The Bertz CT molecular complexity index is 3820. The molecule has 2 aromatic heterocycles. The van der Waals surface area contributed by atoms with Crippen molar-refractivity contribution in [2.75, 3.05) is 0 Å². The standard InChI is InChI=1S/C61H63N3O/c1-14-37-31-44(27-28-45(37)39-19-16-15-17-20-39)63-51-22-18-21-46-47-33-42(58(5,6)7)34-48-52-32-40(38-23-25-41(26-24-38)57(2,3)4)29-30-62(52)61(53(47)48)64(54(46)51)56(63)49-35-43(59(8,9)10)36-50(55(49)65-61)60(11,12)13/h15-36H,14H2,1-13H3/q+2/i2D3,3D3,4D3,11D3,12D3. The molecule has 0 amide bonds. The second-order valence-corrected chi connectivity index (χ2v) is 20.4. The predicted molar refractivity (Wildman–Crippen MR) is 268 cm³/mol. The van der Waals surface area contributed by atoms with Crippen LogP contribution in [0.2, 0.25) is 0 Å². The summed E-state index contributed by atoms with van der Waals surface area (Å²) in [5.74, 6) is -0.945. The van der Waals surface area contributed by atoms with Crippen LogP contribution in [0.4, 0.5) is 0 Å². The highest BCUT2D eigenvalue weighted by molar-refractivity contribution is 5.98. The van der Waals surface area contributed by atoms with Gasteiger partial charge in [-0.05, 0) is 121 Å². The monoisotopic (exact) mass is 869 g/mol. The maximum Gasteiger partial charge on any atom is 0.499 e. The van der Waals surface area contributed by atoms with Crippen molar-refractivity contribution in [3.05, 3.63) is 167 Å². The molecular weight excluding hydrogens is 791 g/mol. The van der Waals surface area contributed by atoms with Gasteiger partial charge in [0, 0.05) is 49.4 Å². The Hall–Kier alpha value is -6.26.